The van der Waals surface area contributed by atoms with Crippen LogP contribution in [-0.4, -0.2) is 48.2 Å². The highest BCUT2D eigenvalue weighted by atomic mass is 16.5. The van der Waals surface area contributed by atoms with Gasteiger partial charge in [-0.1, -0.05) is 5.16 Å². The van der Waals surface area contributed by atoms with Crippen molar-refractivity contribution in [1.29, 1.82) is 0 Å². The maximum Gasteiger partial charge on any atom is 0.251 e. The van der Waals surface area contributed by atoms with Crippen LogP contribution in [0.25, 0.3) is 0 Å². The van der Waals surface area contributed by atoms with Gasteiger partial charge in [0, 0.05) is 26.6 Å². The van der Waals surface area contributed by atoms with Crippen molar-refractivity contribution in [2.24, 2.45) is 10.9 Å². The van der Waals surface area contributed by atoms with E-state index < -0.39 is 6.10 Å². The van der Waals surface area contributed by atoms with Gasteiger partial charge in [0.15, 0.2) is 0 Å². The average Bonchev–Trinajstić information content (AvgIpc) is 2.27. The third-order valence-electron chi connectivity index (χ3n) is 2.16. The molecule has 0 aliphatic carbocycles. The van der Waals surface area contributed by atoms with Gasteiger partial charge in [-0.05, 0) is 13.8 Å². The predicted molar refractivity (Wildman–Crippen MR) is 56.8 cm³/mol. The Morgan fingerprint density at radius 3 is 2.67 bits per heavy atom. The Hall–Kier alpha value is -1.30. The highest BCUT2D eigenvalue weighted by molar-refractivity contribution is 5.82. The summed E-state index contributed by atoms with van der Waals surface area (Å²) in [5.74, 6) is 0.0251. The van der Waals surface area contributed by atoms with E-state index in [0.29, 0.717) is 19.5 Å². The lowest BCUT2D eigenvalue weighted by atomic mass is 10.3. The molecule has 0 aliphatic heterocycles. The van der Waals surface area contributed by atoms with Gasteiger partial charge in [0.25, 0.3) is 5.91 Å². The lowest BCUT2D eigenvalue weighted by Gasteiger charge is -2.23. The van der Waals surface area contributed by atoms with E-state index in [1.54, 1.807) is 11.8 Å². The quantitative estimate of drug-likeness (QED) is 0.284. The van der Waals surface area contributed by atoms with Gasteiger partial charge in [0.1, 0.15) is 11.9 Å². The molecule has 0 aliphatic rings. The molecule has 3 N–H and O–H groups in total. The lowest BCUT2D eigenvalue weighted by Crippen LogP contribution is -2.40. The number of hydrogen-bond donors (Lipinski definition) is 2. The number of hydrogen-bond acceptors (Lipinski definition) is 4. The van der Waals surface area contributed by atoms with Crippen molar-refractivity contribution in [3.63, 3.8) is 0 Å². The van der Waals surface area contributed by atoms with E-state index in [0.717, 1.165) is 0 Å². The standard InChI is InChI=1S/C9H19N3O3/c1-4-12(6-5-8(10)11-14)9(13)7(2)15-3/h7,14H,4-6H2,1-3H3,(H2,10,11). The highest BCUT2D eigenvalue weighted by Crippen LogP contribution is 1.99. The molecule has 0 saturated heterocycles. The number of amides is 1. The molecule has 0 radical (unpaired) electrons. The Morgan fingerprint density at radius 1 is 1.67 bits per heavy atom. The minimum absolute atomic E-state index is 0.0919. The first-order valence-electron chi connectivity index (χ1n) is 4.84. The maximum atomic E-state index is 11.7. The monoisotopic (exact) mass is 217 g/mol. The van der Waals surface area contributed by atoms with Crippen LogP contribution < -0.4 is 5.73 Å². The van der Waals surface area contributed by atoms with Crippen molar-refractivity contribution >= 4 is 11.7 Å². The Bertz CT molecular complexity index is 231. The van der Waals surface area contributed by atoms with Gasteiger partial charge in [0.2, 0.25) is 0 Å². The zero-order valence-corrected chi connectivity index (χ0v) is 9.43. The normalized spacial score (nSPS) is 13.7. The molecule has 0 heterocycles. The molecule has 0 saturated carbocycles. The summed E-state index contributed by atoms with van der Waals surface area (Å²) >= 11 is 0. The van der Waals surface area contributed by atoms with Crippen molar-refractivity contribution in [2.45, 2.75) is 26.4 Å². The SMILES string of the molecule is CCN(CCC(N)=NO)C(=O)C(C)OC. The summed E-state index contributed by atoms with van der Waals surface area (Å²) in [7, 11) is 1.49. The Morgan fingerprint density at radius 2 is 2.27 bits per heavy atom. The number of methoxy groups -OCH3 is 1. The third kappa shape index (κ3) is 4.64. The topological polar surface area (TPSA) is 88.1 Å². The largest absolute Gasteiger partial charge is 0.409 e. The van der Waals surface area contributed by atoms with Crippen LogP contribution in [0.2, 0.25) is 0 Å². The minimum atomic E-state index is -0.461. The van der Waals surface area contributed by atoms with Gasteiger partial charge >= 0.3 is 0 Å². The lowest BCUT2D eigenvalue weighted by molar-refractivity contribution is -0.140. The van der Waals surface area contributed by atoms with Crippen LogP contribution in [0.3, 0.4) is 0 Å². The van der Waals surface area contributed by atoms with Crippen LogP contribution in [0.4, 0.5) is 0 Å². The average molecular weight is 217 g/mol. The molecule has 0 rings (SSSR count). The van der Waals surface area contributed by atoms with Crippen LogP contribution >= 0.6 is 0 Å². The number of nitrogens with zero attached hydrogens (tertiary/aromatic N) is 2. The Kier molecular flexibility index (Phi) is 6.44. The molecule has 1 atom stereocenters. The van der Waals surface area contributed by atoms with E-state index in [4.69, 9.17) is 15.7 Å². The number of likely N-dealkylation sites (N-methyl/N-ethyl adjacent to an activating group) is 1. The molecule has 15 heavy (non-hydrogen) atoms. The van der Waals surface area contributed by atoms with Crippen molar-refractivity contribution in [1.82, 2.24) is 4.90 Å². The van der Waals surface area contributed by atoms with E-state index in [1.165, 1.54) is 7.11 Å². The fraction of sp³-hybridized carbons (Fsp3) is 0.778. The van der Waals surface area contributed by atoms with Crippen LogP contribution in [-0.2, 0) is 9.53 Å². The second-order valence-corrected chi connectivity index (χ2v) is 3.14. The fourth-order valence-electron chi connectivity index (χ4n) is 1.08. The first-order chi connectivity index (χ1) is 7.06. The fourth-order valence-corrected chi connectivity index (χ4v) is 1.08. The molecule has 0 spiro atoms. The van der Waals surface area contributed by atoms with E-state index >= 15 is 0 Å². The summed E-state index contributed by atoms with van der Waals surface area (Å²) < 4.78 is 4.93. The molecule has 0 aromatic carbocycles. The molecule has 1 amide bonds. The molecule has 0 aromatic rings. The third-order valence-corrected chi connectivity index (χ3v) is 2.16. The van der Waals surface area contributed by atoms with Crippen LogP contribution in [0.1, 0.15) is 20.3 Å². The van der Waals surface area contributed by atoms with E-state index in [9.17, 15) is 4.79 Å². The first kappa shape index (κ1) is 13.7. The van der Waals surface area contributed by atoms with Gasteiger partial charge in [-0.3, -0.25) is 4.79 Å². The second kappa shape index (κ2) is 7.05. The predicted octanol–water partition coefficient (Wildman–Crippen LogP) is 0.00630. The molecule has 6 heteroatoms. The molecule has 1 unspecified atom stereocenters. The summed E-state index contributed by atoms with van der Waals surface area (Å²) in [6, 6.07) is 0. The van der Waals surface area contributed by atoms with Crippen molar-refractivity contribution in [3.8, 4) is 0 Å². The molecule has 0 bridgehead atoms. The molecule has 88 valence electrons. The highest BCUT2D eigenvalue weighted by Gasteiger charge is 2.18. The van der Waals surface area contributed by atoms with Gasteiger partial charge in [0.05, 0.1) is 0 Å². The number of amidine groups is 1. The van der Waals surface area contributed by atoms with Crippen LogP contribution in [0.15, 0.2) is 5.16 Å². The van der Waals surface area contributed by atoms with Gasteiger partial charge in [-0.2, -0.15) is 0 Å². The summed E-state index contributed by atoms with van der Waals surface area (Å²) in [5, 5.41) is 11.2. The molecule has 6 nitrogen and oxygen atoms in total. The number of carbonyl (C=O) groups excluding carboxylic acids is 1. The number of rotatable bonds is 6. The summed E-state index contributed by atoms with van der Waals surface area (Å²) in [4.78, 5) is 13.3. The van der Waals surface area contributed by atoms with Crippen molar-refractivity contribution in [3.05, 3.63) is 0 Å². The molecular formula is C9H19N3O3. The van der Waals surface area contributed by atoms with Crippen LogP contribution in [0.5, 0.6) is 0 Å². The first-order valence-corrected chi connectivity index (χ1v) is 4.84. The van der Waals surface area contributed by atoms with Crippen LogP contribution in [0, 0.1) is 0 Å². The zero-order chi connectivity index (χ0) is 11.8. The molecule has 0 aromatic heterocycles. The number of ether oxygens (including phenoxy) is 1. The second-order valence-electron chi connectivity index (χ2n) is 3.14. The van der Waals surface area contributed by atoms with Gasteiger partial charge in [-0.25, -0.2) is 0 Å². The van der Waals surface area contributed by atoms with E-state index in [2.05, 4.69) is 5.16 Å². The van der Waals surface area contributed by atoms with Gasteiger partial charge in [-0.15, -0.1) is 0 Å². The molecule has 0 fully saturated rings. The zero-order valence-electron chi connectivity index (χ0n) is 9.43. The van der Waals surface area contributed by atoms with Crippen molar-refractivity contribution in [2.75, 3.05) is 20.2 Å². The molecular weight excluding hydrogens is 198 g/mol. The minimum Gasteiger partial charge on any atom is -0.409 e. The Labute approximate surface area is 89.7 Å². The smallest absolute Gasteiger partial charge is 0.251 e. The van der Waals surface area contributed by atoms with E-state index in [1.807, 2.05) is 6.92 Å². The summed E-state index contributed by atoms with van der Waals surface area (Å²) in [6.45, 7) is 4.56. The summed E-state index contributed by atoms with van der Waals surface area (Å²) in [6.07, 6.45) is -0.107. The number of carbonyl (C=O) groups is 1. The number of oxime groups is 1. The summed E-state index contributed by atoms with van der Waals surface area (Å²) in [5.41, 5.74) is 5.32. The number of nitrogens with two attached hydrogens (primary N) is 1. The van der Waals surface area contributed by atoms with E-state index in [-0.39, 0.29) is 11.7 Å². The van der Waals surface area contributed by atoms with Gasteiger partial charge < -0.3 is 20.6 Å². The Balaban J connectivity index is 4.19. The maximum absolute atomic E-state index is 11.7. The van der Waals surface area contributed by atoms with Crippen molar-refractivity contribution < 1.29 is 14.7 Å².